The fourth-order valence-electron chi connectivity index (χ4n) is 3.49. The molecule has 3 aromatic rings. The lowest BCUT2D eigenvalue weighted by Crippen LogP contribution is -2.34. The minimum atomic E-state index is -0.0831. The van der Waals surface area contributed by atoms with Crippen molar-refractivity contribution in [3.63, 3.8) is 0 Å². The third-order valence-electron chi connectivity index (χ3n) is 5.34. The van der Waals surface area contributed by atoms with Crippen LogP contribution < -0.4 is 4.90 Å². The van der Waals surface area contributed by atoms with Crippen LogP contribution in [0.15, 0.2) is 42.5 Å². The number of hydrogen-bond donors (Lipinski definition) is 0. The normalized spacial score (nSPS) is 16.4. The van der Waals surface area contributed by atoms with Crippen molar-refractivity contribution in [2.24, 2.45) is 0 Å². The number of ether oxygens (including phenoxy) is 2. The van der Waals surface area contributed by atoms with Gasteiger partial charge in [0.25, 0.3) is 5.91 Å². The van der Waals surface area contributed by atoms with Gasteiger partial charge in [0.1, 0.15) is 6.61 Å². The molecule has 6 heteroatoms. The number of thiazole rings is 1. The van der Waals surface area contributed by atoms with Gasteiger partial charge in [-0.3, -0.25) is 9.69 Å². The monoisotopic (exact) mass is 410 g/mol. The summed E-state index contributed by atoms with van der Waals surface area (Å²) in [4.78, 5) is 19.6. The molecule has 0 radical (unpaired) electrons. The van der Waals surface area contributed by atoms with Crippen LogP contribution in [-0.2, 0) is 20.8 Å². The molecule has 1 amide bonds. The minimum absolute atomic E-state index is 0.0284. The molecule has 0 spiro atoms. The number of anilines is 1. The summed E-state index contributed by atoms with van der Waals surface area (Å²) in [6, 6.07) is 14.2. The summed E-state index contributed by atoms with van der Waals surface area (Å²) >= 11 is 1.55. The SMILES string of the molecule is Cc1ccc2sc(N(Cc3ccccc3)C(=O)COCC3CCCO3)nc2c1C. The van der Waals surface area contributed by atoms with E-state index in [4.69, 9.17) is 14.5 Å². The van der Waals surface area contributed by atoms with Gasteiger partial charge in [-0.05, 0) is 49.4 Å². The van der Waals surface area contributed by atoms with Crippen LogP contribution in [0.25, 0.3) is 10.2 Å². The van der Waals surface area contributed by atoms with Crippen LogP contribution in [0.1, 0.15) is 29.5 Å². The predicted molar refractivity (Wildman–Crippen MR) is 117 cm³/mol. The van der Waals surface area contributed by atoms with Gasteiger partial charge in [-0.1, -0.05) is 47.7 Å². The summed E-state index contributed by atoms with van der Waals surface area (Å²) in [5.41, 5.74) is 4.39. The lowest BCUT2D eigenvalue weighted by Gasteiger charge is -2.20. The highest BCUT2D eigenvalue weighted by atomic mass is 32.1. The zero-order valence-electron chi connectivity index (χ0n) is 16.9. The second-order valence-corrected chi connectivity index (χ2v) is 8.48. The molecular weight excluding hydrogens is 384 g/mol. The van der Waals surface area contributed by atoms with Crippen LogP contribution in [0.3, 0.4) is 0 Å². The molecule has 29 heavy (non-hydrogen) atoms. The molecule has 0 saturated carbocycles. The number of fused-ring (bicyclic) bond motifs is 1. The first kappa shape index (κ1) is 20.0. The van der Waals surface area contributed by atoms with Crippen LogP contribution in [0.4, 0.5) is 5.13 Å². The van der Waals surface area contributed by atoms with E-state index in [0.717, 1.165) is 40.8 Å². The summed E-state index contributed by atoms with van der Waals surface area (Å²) in [7, 11) is 0. The highest BCUT2D eigenvalue weighted by molar-refractivity contribution is 7.22. The van der Waals surface area contributed by atoms with Crippen LogP contribution in [0.5, 0.6) is 0 Å². The van der Waals surface area contributed by atoms with Crippen molar-refractivity contribution in [1.82, 2.24) is 4.98 Å². The summed E-state index contributed by atoms with van der Waals surface area (Å²) in [5.74, 6) is -0.0831. The number of aromatic nitrogens is 1. The molecule has 4 rings (SSSR count). The first-order chi connectivity index (χ1) is 14.1. The van der Waals surface area contributed by atoms with Crippen LogP contribution in [0.2, 0.25) is 0 Å². The summed E-state index contributed by atoms with van der Waals surface area (Å²) < 4.78 is 12.4. The summed E-state index contributed by atoms with van der Waals surface area (Å²) in [6.07, 6.45) is 2.17. The second kappa shape index (κ2) is 9.03. The maximum absolute atomic E-state index is 13.1. The van der Waals surface area contributed by atoms with Gasteiger partial charge in [0.05, 0.1) is 29.5 Å². The Balaban J connectivity index is 1.56. The Hall–Kier alpha value is -2.28. The van der Waals surface area contributed by atoms with E-state index in [2.05, 4.69) is 26.0 Å². The van der Waals surface area contributed by atoms with E-state index in [1.54, 1.807) is 16.2 Å². The van der Waals surface area contributed by atoms with Gasteiger partial charge >= 0.3 is 0 Å². The van der Waals surface area contributed by atoms with Crippen molar-refractivity contribution in [2.45, 2.75) is 39.3 Å². The smallest absolute Gasteiger partial charge is 0.255 e. The Morgan fingerprint density at radius 2 is 2.07 bits per heavy atom. The Bertz CT molecular complexity index is 980. The molecule has 1 fully saturated rings. The van der Waals surface area contributed by atoms with Crippen LogP contribution >= 0.6 is 11.3 Å². The minimum Gasteiger partial charge on any atom is -0.376 e. The molecule has 1 atom stereocenters. The van der Waals surface area contributed by atoms with E-state index < -0.39 is 0 Å². The van der Waals surface area contributed by atoms with Gasteiger partial charge in [-0.15, -0.1) is 0 Å². The second-order valence-electron chi connectivity index (χ2n) is 7.47. The van der Waals surface area contributed by atoms with Crippen molar-refractivity contribution < 1.29 is 14.3 Å². The van der Waals surface area contributed by atoms with Crippen molar-refractivity contribution in [1.29, 1.82) is 0 Å². The zero-order valence-corrected chi connectivity index (χ0v) is 17.7. The lowest BCUT2D eigenvalue weighted by atomic mass is 10.1. The number of hydrogen-bond acceptors (Lipinski definition) is 5. The van der Waals surface area contributed by atoms with Gasteiger partial charge in [-0.2, -0.15) is 0 Å². The van der Waals surface area contributed by atoms with E-state index in [1.807, 2.05) is 30.3 Å². The Labute approximate surface area is 175 Å². The first-order valence-electron chi connectivity index (χ1n) is 10.0. The number of rotatable bonds is 7. The topological polar surface area (TPSA) is 51.7 Å². The van der Waals surface area contributed by atoms with Gasteiger partial charge < -0.3 is 9.47 Å². The lowest BCUT2D eigenvalue weighted by molar-refractivity contribution is -0.124. The van der Waals surface area contributed by atoms with E-state index >= 15 is 0 Å². The van der Waals surface area contributed by atoms with Crippen molar-refractivity contribution in [3.8, 4) is 0 Å². The molecule has 1 unspecified atom stereocenters. The molecule has 1 aromatic heterocycles. The van der Waals surface area contributed by atoms with E-state index in [0.29, 0.717) is 18.3 Å². The average Bonchev–Trinajstić information content (AvgIpc) is 3.40. The van der Waals surface area contributed by atoms with Crippen LogP contribution in [-0.4, -0.2) is 36.8 Å². The van der Waals surface area contributed by atoms with E-state index in [1.165, 1.54) is 5.56 Å². The van der Waals surface area contributed by atoms with Gasteiger partial charge in [0, 0.05) is 6.61 Å². The van der Waals surface area contributed by atoms with Crippen molar-refractivity contribution in [2.75, 3.05) is 24.7 Å². The Morgan fingerprint density at radius 3 is 2.83 bits per heavy atom. The van der Waals surface area contributed by atoms with Gasteiger partial charge in [0.2, 0.25) is 0 Å². The molecule has 1 aliphatic rings. The first-order valence-corrected chi connectivity index (χ1v) is 10.8. The van der Waals surface area contributed by atoms with Crippen molar-refractivity contribution >= 4 is 32.6 Å². The molecule has 0 bridgehead atoms. The maximum atomic E-state index is 13.1. The van der Waals surface area contributed by atoms with Crippen molar-refractivity contribution in [3.05, 3.63) is 59.2 Å². The van der Waals surface area contributed by atoms with E-state index in [9.17, 15) is 4.79 Å². The summed E-state index contributed by atoms with van der Waals surface area (Å²) in [5, 5.41) is 0.711. The average molecular weight is 411 g/mol. The number of nitrogens with zero attached hydrogens (tertiary/aromatic N) is 2. The number of amides is 1. The molecule has 152 valence electrons. The number of carbonyl (C=O) groups excluding carboxylic acids is 1. The molecule has 0 N–H and O–H groups in total. The van der Waals surface area contributed by atoms with E-state index in [-0.39, 0.29) is 18.6 Å². The molecule has 1 saturated heterocycles. The third kappa shape index (κ3) is 4.66. The maximum Gasteiger partial charge on any atom is 0.255 e. The molecule has 5 nitrogen and oxygen atoms in total. The van der Waals surface area contributed by atoms with Crippen LogP contribution in [0, 0.1) is 13.8 Å². The predicted octanol–water partition coefficient (Wildman–Crippen LogP) is 4.64. The largest absolute Gasteiger partial charge is 0.376 e. The number of benzene rings is 2. The fraction of sp³-hybridized carbons (Fsp3) is 0.391. The molecular formula is C23H26N2O3S. The Kier molecular flexibility index (Phi) is 6.23. The molecule has 0 aliphatic carbocycles. The quantitative estimate of drug-likeness (QED) is 0.569. The van der Waals surface area contributed by atoms with Gasteiger partial charge in [-0.25, -0.2) is 4.98 Å². The highest BCUT2D eigenvalue weighted by Crippen LogP contribution is 2.32. The standard InChI is InChI=1S/C23H26N2O3S/c1-16-10-11-20-22(17(16)2)24-23(29-20)25(13-18-7-4-3-5-8-18)21(26)15-27-14-19-9-6-12-28-19/h3-5,7-8,10-11,19H,6,9,12-15H2,1-2H3. The molecule has 2 heterocycles. The molecule has 2 aromatic carbocycles. The molecule has 1 aliphatic heterocycles. The number of carbonyl (C=O) groups is 1. The van der Waals surface area contributed by atoms with Gasteiger partial charge in [0.15, 0.2) is 5.13 Å². The number of aryl methyl sites for hydroxylation is 2. The third-order valence-corrected chi connectivity index (χ3v) is 6.39. The summed E-state index contributed by atoms with van der Waals surface area (Å²) in [6.45, 7) is 5.91. The zero-order chi connectivity index (χ0) is 20.2. The Morgan fingerprint density at radius 1 is 1.24 bits per heavy atom. The fourth-order valence-corrected chi connectivity index (χ4v) is 4.53. The highest BCUT2D eigenvalue weighted by Gasteiger charge is 2.22.